The third kappa shape index (κ3) is 3.99. The van der Waals surface area contributed by atoms with Crippen LogP contribution in [0.5, 0.6) is 0 Å². The Kier molecular flexibility index (Phi) is 4.85. The summed E-state index contributed by atoms with van der Waals surface area (Å²) in [7, 11) is -1.09. The molecule has 0 amide bonds. The number of benzene rings is 1. The highest BCUT2D eigenvalue weighted by Crippen LogP contribution is 2.33. The summed E-state index contributed by atoms with van der Waals surface area (Å²) in [6.45, 7) is 3.56. The van der Waals surface area contributed by atoms with Gasteiger partial charge < -0.3 is 10.0 Å². The number of rotatable bonds is 4. The van der Waals surface area contributed by atoms with E-state index in [9.17, 15) is 17.9 Å². The van der Waals surface area contributed by atoms with E-state index in [-0.39, 0.29) is 17.3 Å². The summed E-state index contributed by atoms with van der Waals surface area (Å²) in [5.74, 6) is 0.120. The lowest BCUT2D eigenvalue weighted by Gasteiger charge is -2.44. The van der Waals surface area contributed by atoms with Gasteiger partial charge >= 0.3 is 0 Å². The van der Waals surface area contributed by atoms with Crippen molar-refractivity contribution < 1.29 is 17.9 Å². The van der Waals surface area contributed by atoms with Crippen molar-refractivity contribution in [3.63, 3.8) is 0 Å². The number of likely N-dealkylation sites (N-methyl/N-ethyl adjacent to an activating group) is 1. The fourth-order valence-electron chi connectivity index (χ4n) is 3.96. The molecule has 2 fully saturated rings. The van der Waals surface area contributed by atoms with Crippen LogP contribution in [0.4, 0.5) is 10.1 Å². The first kappa shape index (κ1) is 18.6. The topological polar surface area (TPSA) is 60.9 Å². The second-order valence-corrected chi connectivity index (χ2v) is 10.0. The summed E-state index contributed by atoms with van der Waals surface area (Å²) in [4.78, 5) is 3.96. The summed E-state index contributed by atoms with van der Waals surface area (Å²) in [6, 6.07) is 6.69. The number of β-amino-alcohol motifs (C(OH)–C–C–N with tert-alkyl or cyclic N) is 1. The molecule has 0 radical (unpaired) electrons. The van der Waals surface area contributed by atoms with E-state index in [0.29, 0.717) is 44.6 Å². The number of hydrogen-bond acceptors (Lipinski definition) is 5. The second-order valence-electron chi connectivity index (χ2n) is 7.86. The van der Waals surface area contributed by atoms with Crippen LogP contribution in [0.1, 0.15) is 26.2 Å². The number of sulfone groups is 1. The quantitative estimate of drug-likeness (QED) is 0.874. The van der Waals surface area contributed by atoms with Gasteiger partial charge in [-0.3, -0.25) is 4.90 Å². The zero-order chi connectivity index (χ0) is 18.3. The normalized spacial score (nSPS) is 28.4. The lowest BCUT2D eigenvalue weighted by molar-refractivity contribution is -0.0312. The standard InChI is InChI=1S/C18H27FN2O3S/c1-17(9-12-25(23,24)14-17)20(2)13-18(22)7-10-21(11-8-18)16-6-4-3-5-15(16)19/h3-6,22H,7-14H2,1-2H3. The van der Waals surface area contributed by atoms with Crippen molar-refractivity contribution in [2.75, 3.05) is 43.1 Å². The Labute approximate surface area is 149 Å². The van der Waals surface area contributed by atoms with Gasteiger partial charge in [0.05, 0.1) is 22.8 Å². The van der Waals surface area contributed by atoms with Gasteiger partial charge in [-0.25, -0.2) is 12.8 Å². The number of halogens is 1. The molecule has 2 aliphatic rings. The average Bonchev–Trinajstić information content (AvgIpc) is 2.83. The van der Waals surface area contributed by atoms with Crippen LogP contribution in [0.15, 0.2) is 24.3 Å². The van der Waals surface area contributed by atoms with E-state index in [2.05, 4.69) is 0 Å². The lowest BCUT2D eigenvalue weighted by atomic mass is 9.88. The molecular weight excluding hydrogens is 343 g/mol. The maximum atomic E-state index is 13.9. The zero-order valence-electron chi connectivity index (χ0n) is 14.9. The molecule has 2 saturated heterocycles. The maximum absolute atomic E-state index is 13.9. The number of piperidine rings is 1. The molecule has 1 unspecified atom stereocenters. The van der Waals surface area contributed by atoms with Gasteiger partial charge in [0.1, 0.15) is 5.82 Å². The highest BCUT2D eigenvalue weighted by molar-refractivity contribution is 7.91. The Morgan fingerprint density at radius 3 is 2.44 bits per heavy atom. The Morgan fingerprint density at radius 2 is 1.88 bits per heavy atom. The monoisotopic (exact) mass is 370 g/mol. The molecule has 0 saturated carbocycles. The molecule has 0 spiro atoms. The Balaban J connectivity index is 1.62. The van der Waals surface area contributed by atoms with Crippen LogP contribution in [-0.2, 0) is 9.84 Å². The fraction of sp³-hybridized carbons (Fsp3) is 0.667. The minimum absolute atomic E-state index is 0.147. The van der Waals surface area contributed by atoms with E-state index in [4.69, 9.17) is 0 Å². The van der Waals surface area contributed by atoms with Crippen molar-refractivity contribution in [2.24, 2.45) is 0 Å². The molecule has 1 N–H and O–H groups in total. The van der Waals surface area contributed by atoms with Gasteiger partial charge in [0.25, 0.3) is 0 Å². The maximum Gasteiger partial charge on any atom is 0.152 e. The van der Waals surface area contributed by atoms with E-state index in [1.54, 1.807) is 12.1 Å². The third-order valence-corrected chi connectivity index (χ3v) is 7.71. The predicted octanol–water partition coefficient (Wildman–Crippen LogP) is 1.67. The number of aliphatic hydroxyl groups is 1. The van der Waals surface area contributed by atoms with E-state index >= 15 is 0 Å². The zero-order valence-corrected chi connectivity index (χ0v) is 15.7. The molecular formula is C18H27FN2O3S. The van der Waals surface area contributed by atoms with Crippen LogP contribution in [0.3, 0.4) is 0 Å². The summed E-state index contributed by atoms with van der Waals surface area (Å²) in [5, 5.41) is 11.0. The lowest BCUT2D eigenvalue weighted by Crippen LogP contribution is -2.55. The van der Waals surface area contributed by atoms with E-state index < -0.39 is 21.0 Å². The molecule has 5 nitrogen and oxygen atoms in total. The summed E-state index contributed by atoms with van der Waals surface area (Å²) in [5.41, 5.74) is -0.713. The van der Waals surface area contributed by atoms with Gasteiger partial charge in [-0.15, -0.1) is 0 Å². The smallest absolute Gasteiger partial charge is 0.152 e. The molecule has 0 bridgehead atoms. The van der Waals surface area contributed by atoms with Crippen LogP contribution >= 0.6 is 0 Å². The molecule has 2 aliphatic heterocycles. The molecule has 0 aliphatic carbocycles. The van der Waals surface area contributed by atoms with Crippen molar-refractivity contribution in [1.82, 2.24) is 4.90 Å². The van der Waals surface area contributed by atoms with Gasteiger partial charge in [0.15, 0.2) is 9.84 Å². The minimum atomic E-state index is -2.98. The first-order valence-corrected chi connectivity index (χ1v) is 10.6. The van der Waals surface area contributed by atoms with Crippen LogP contribution in [0, 0.1) is 5.82 Å². The van der Waals surface area contributed by atoms with Crippen molar-refractivity contribution in [1.29, 1.82) is 0 Å². The number of para-hydroxylation sites is 1. The second kappa shape index (κ2) is 6.52. The van der Waals surface area contributed by atoms with Crippen LogP contribution in [0.2, 0.25) is 0 Å². The number of hydrogen-bond donors (Lipinski definition) is 1. The molecule has 7 heteroatoms. The Morgan fingerprint density at radius 1 is 1.24 bits per heavy atom. The van der Waals surface area contributed by atoms with Crippen molar-refractivity contribution in [3.05, 3.63) is 30.1 Å². The summed E-state index contributed by atoms with van der Waals surface area (Å²) >= 11 is 0. The molecule has 2 heterocycles. The summed E-state index contributed by atoms with van der Waals surface area (Å²) < 4.78 is 37.6. The SMILES string of the molecule is CN(CC1(O)CCN(c2ccccc2F)CC1)C1(C)CCS(=O)(=O)C1. The van der Waals surface area contributed by atoms with E-state index in [1.807, 2.05) is 29.8 Å². The number of nitrogens with zero attached hydrogens (tertiary/aromatic N) is 2. The van der Waals surface area contributed by atoms with Crippen LogP contribution in [0.25, 0.3) is 0 Å². The molecule has 1 aromatic rings. The predicted molar refractivity (Wildman–Crippen MR) is 97.1 cm³/mol. The fourth-order valence-corrected chi connectivity index (χ4v) is 6.16. The highest BCUT2D eigenvalue weighted by atomic mass is 32.2. The van der Waals surface area contributed by atoms with Crippen LogP contribution in [-0.4, -0.2) is 67.8 Å². The Bertz CT molecular complexity index is 732. The number of anilines is 1. The summed E-state index contributed by atoms with van der Waals surface area (Å²) in [6.07, 6.45) is 1.67. The van der Waals surface area contributed by atoms with E-state index in [1.165, 1.54) is 6.07 Å². The van der Waals surface area contributed by atoms with Crippen LogP contribution < -0.4 is 4.90 Å². The van der Waals surface area contributed by atoms with Gasteiger partial charge in [0.2, 0.25) is 0 Å². The largest absolute Gasteiger partial charge is 0.388 e. The Hall–Kier alpha value is -1.18. The first-order valence-electron chi connectivity index (χ1n) is 8.76. The van der Waals surface area contributed by atoms with Gasteiger partial charge in [-0.05, 0) is 45.4 Å². The molecule has 0 aromatic heterocycles. The molecule has 3 rings (SSSR count). The van der Waals surface area contributed by atoms with Gasteiger partial charge in [-0.2, -0.15) is 0 Å². The molecule has 1 aromatic carbocycles. The molecule has 25 heavy (non-hydrogen) atoms. The van der Waals surface area contributed by atoms with E-state index in [0.717, 1.165) is 0 Å². The molecule has 140 valence electrons. The van der Waals surface area contributed by atoms with Crippen molar-refractivity contribution >= 4 is 15.5 Å². The van der Waals surface area contributed by atoms with Crippen molar-refractivity contribution in [2.45, 2.75) is 37.3 Å². The molecule has 1 atom stereocenters. The highest BCUT2D eigenvalue weighted by Gasteiger charge is 2.44. The van der Waals surface area contributed by atoms with Gasteiger partial charge in [0, 0.05) is 25.2 Å². The minimum Gasteiger partial charge on any atom is -0.388 e. The third-order valence-electron chi connectivity index (χ3n) is 5.82. The first-order chi connectivity index (χ1) is 11.6. The van der Waals surface area contributed by atoms with Crippen molar-refractivity contribution in [3.8, 4) is 0 Å². The average molecular weight is 370 g/mol. The van der Waals surface area contributed by atoms with Gasteiger partial charge in [-0.1, -0.05) is 12.1 Å².